The number of benzene rings is 3. The Morgan fingerprint density at radius 3 is 2.07 bits per heavy atom. The van der Waals surface area contributed by atoms with Gasteiger partial charge in [-0.2, -0.15) is 0 Å². The Balaban J connectivity index is 1.45. The van der Waals surface area contributed by atoms with Crippen molar-refractivity contribution in [2.24, 2.45) is 5.92 Å². The van der Waals surface area contributed by atoms with Crippen molar-refractivity contribution in [1.29, 1.82) is 0 Å². The van der Waals surface area contributed by atoms with Crippen LogP contribution in [0, 0.1) is 5.92 Å². The van der Waals surface area contributed by atoms with Gasteiger partial charge in [-0.3, -0.25) is 9.59 Å². The van der Waals surface area contributed by atoms with E-state index < -0.39 is 0 Å². The molecule has 0 fully saturated rings. The summed E-state index contributed by atoms with van der Waals surface area (Å²) < 4.78 is 5.68. The molecule has 0 radical (unpaired) electrons. The van der Waals surface area contributed by atoms with Gasteiger partial charge in [0, 0.05) is 32.2 Å². The summed E-state index contributed by atoms with van der Waals surface area (Å²) in [5.41, 5.74) is 2.05. The predicted octanol–water partition coefficient (Wildman–Crippen LogP) is 7.04. The Bertz CT molecular complexity index is 1150. The molecular weight excluding hydrogens is 392 g/mol. The number of ketones is 2. The maximum atomic E-state index is 12.7. The van der Waals surface area contributed by atoms with E-state index >= 15 is 0 Å². The van der Waals surface area contributed by atoms with Crippen LogP contribution in [-0.2, 0) is 0 Å². The van der Waals surface area contributed by atoms with Gasteiger partial charge in [0.15, 0.2) is 11.5 Å². The third-order valence-corrected chi connectivity index (χ3v) is 6.22. The smallest absolute Gasteiger partial charge is 0.228 e. The summed E-state index contributed by atoms with van der Waals surface area (Å²) in [4.78, 5) is 27.1. The largest absolute Gasteiger partial charge is 0.453 e. The van der Waals surface area contributed by atoms with E-state index in [0.29, 0.717) is 16.9 Å². The van der Waals surface area contributed by atoms with Crippen molar-refractivity contribution in [1.82, 2.24) is 0 Å². The number of hydrogen-bond acceptors (Lipinski definition) is 4. The van der Waals surface area contributed by atoms with E-state index in [9.17, 15) is 9.59 Å². The minimum Gasteiger partial charge on any atom is -0.453 e. The van der Waals surface area contributed by atoms with Crippen molar-refractivity contribution >= 4 is 34.3 Å². The third kappa shape index (κ3) is 4.24. The Kier molecular flexibility index (Phi) is 5.86. The highest BCUT2D eigenvalue weighted by molar-refractivity contribution is 7.99. The van der Waals surface area contributed by atoms with Crippen LogP contribution in [0.1, 0.15) is 46.7 Å². The quantitative estimate of drug-likeness (QED) is 0.304. The highest BCUT2D eigenvalue weighted by Gasteiger charge is 2.15. The molecule has 30 heavy (non-hydrogen) atoms. The predicted molar refractivity (Wildman–Crippen MR) is 120 cm³/mol. The topological polar surface area (TPSA) is 47.3 Å². The Labute approximate surface area is 180 Å². The van der Waals surface area contributed by atoms with Crippen molar-refractivity contribution in [3.05, 3.63) is 95.7 Å². The van der Waals surface area contributed by atoms with E-state index in [0.717, 1.165) is 27.2 Å². The van der Waals surface area contributed by atoms with E-state index in [1.165, 1.54) is 0 Å². The van der Waals surface area contributed by atoms with Crippen LogP contribution in [0.25, 0.3) is 11.0 Å². The second-order valence-electron chi connectivity index (χ2n) is 7.30. The molecule has 1 aromatic heterocycles. The van der Waals surface area contributed by atoms with Gasteiger partial charge in [0.1, 0.15) is 5.58 Å². The minimum absolute atomic E-state index is 0.0420. The van der Waals surface area contributed by atoms with Gasteiger partial charge in [0.25, 0.3) is 0 Å². The lowest BCUT2D eigenvalue weighted by Crippen LogP contribution is -2.09. The molecule has 0 aliphatic heterocycles. The molecule has 0 N–H and O–H groups in total. The highest BCUT2D eigenvalue weighted by atomic mass is 32.2. The summed E-state index contributed by atoms with van der Waals surface area (Å²) in [7, 11) is 0. The molecule has 1 unspecified atom stereocenters. The van der Waals surface area contributed by atoms with E-state index in [-0.39, 0.29) is 17.5 Å². The minimum atomic E-state index is -0.129. The molecule has 3 nitrogen and oxygen atoms in total. The summed E-state index contributed by atoms with van der Waals surface area (Å²) >= 11 is 1.60. The first-order valence-corrected chi connectivity index (χ1v) is 10.8. The zero-order valence-corrected chi connectivity index (χ0v) is 17.7. The third-order valence-electron chi connectivity index (χ3n) is 5.20. The number of rotatable bonds is 7. The second kappa shape index (κ2) is 8.72. The number of fused-ring (bicyclic) bond motifs is 1. The number of Topliss-reactive ketones (excluding diaryl/α,β-unsaturated/α-hetero) is 1. The lowest BCUT2D eigenvalue weighted by molar-refractivity contribution is 0.0926. The molecule has 0 saturated heterocycles. The fourth-order valence-corrected chi connectivity index (χ4v) is 4.02. The molecule has 4 rings (SSSR count). The Hall–Kier alpha value is -3.11. The maximum absolute atomic E-state index is 12.7. The molecule has 1 heterocycles. The van der Waals surface area contributed by atoms with Gasteiger partial charge in [-0.05, 0) is 55.0 Å². The van der Waals surface area contributed by atoms with Crippen LogP contribution in [0.3, 0.4) is 0 Å². The van der Waals surface area contributed by atoms with E-state index in [2.05, 4.69) is 0 Å². The van der Waals surface area contributed by atoms with E-state index in [1.807, 2.05) is 86.6 Å². The van der Waals surface area contributed by atoms with Crippen molar-refractivity contribution in [3.63, 3.8) is 0 Å². The lowest BCUT2D eigenvalue weighted by atomic mass is 9.97. The highest BCUT2D eigenvalue weighted by Crippen LogP contribution is 2.29. The number of para-hydroxylation sites is 1. The number of furan rings is 1. The molecule has 0 bridgehead atoms. The zero-order valence-electron chi connectivity index (χ0n) is 16.9. The number of carbonyl (C=O) groups is 2. The van der Waals surface area contributed by atoms with Crippen LogP contribution in [0.5, 0.6) is 0 Å². The van der Waals surface area contributed by atoms with Gasteiger partial charge >= 0.3 is 0 Å². The summed E-state index contributed by atoms with van der Waals surface area (Å²) in [6.45, 7) is 3.98. The first kappa shape index (κ1) is 20.2. The van der Waals surface area contributed by atoms with Crippen LogP contribution in [0.2, 0.25) is 0 Å². The van der Waals surface area contributed by atoms with Crippen LogP contribution in [-0.4, -0.2) is 11.6 Å². The monoisotopic (exact) mass is 414 g/mol. The molecule has 0 aliphatic rings. The van der Waals surface area contributed by atoms with Gasteiger partial charge < -0.3 is 4.42 Å². The van der Waals surface area contributed by atoms with Gasteiger partial charge in [-0.1, -0.05) is 55.9 Å². The summed E-state index contributed by atoms with van der Waals surface area (Å²) in [6.07, 6.45) is 0.842. The average molecular weight is 415 g/mol. The number of hydrogen-bond donors (Lipinski definition) is 0. The molecule has 150 valence electrons. The lowest BCUT2D eigenvalue weighted by Gasteiger charge is -2.08. The second-order valence-corrected chi connectivity index (χ2v) is 8.45. The molecule has 4 heteroatoms. The standard InChI is InChI=1S/C26H22O3S/c1-3-17(2)25(27)18-8-12-21(13-9-18)30-22-14-10-19(11-15-22)26(28)24-16-20-6-4-5-7-23(20)29-24/h4-17H,3H2,1-2H3. The Morgan fingerprint density at radius 2 is 1.47 bits per heavy atom. The van der Waals surface area contributed by atoms with E-state index in [4.69, 9.17) is 4.42 Å². The fraction of sp³-hybridized carbons (Fsp3) is 0.154. The van der Waals surface area contributed by atoms with Crippen LogP contribution < -0.4 is 0 Å². The summed E-state index contributed by atoms with van der Waals surface area (Å²) in [5, 5.41) is 0.920. The van der Waals surface area contributed by atoms with Crippen molar-refractivity contribution < 1.29 is 14.0 Å². The van der Waals surface area contributed by atoms with Gasteiger partial charge in [-0.25, -0.2) is 0 Å². The first-order chi connectivity index (χ1) is 14.5. The molecule has 0 saturated carbocycles. The van der Waals surface area contributed by atoms with Gasteiger partial charge in [0.2, 0.25) is 5.78 Å². The summed E-state index contributed by atoms with van der Waals surface area (Å²) in [6, 6.07) is 24.6. The Morgan fingerprint density at radius 1 is 0.867 bits per heavy atom. The van der Waals surface area contributed by atoms with Gasteiger partial charge in [0.05, 0.1) is 0 Å². The van der Waals surface area contributed by atoms with E-state index in [1.54, 1.807) is 17.8 Å². The summed E-state index contributed by atoms with van der Waals surface area (Å²) in [5.74, 6) is 0.441. The fourth-order valence-electron chi connectivity index (χ4n) is 3.20. The molecule has 0 aliphatic carbocycles. The maximum Gasteiger partial charge on any atom is 0.228 e. The zero-order chi connectivity index (χ0) is 21.1. The SMILES string of the molecule is CCC(C)C(=O)c1ccc(Sc2ccc(C(=O)c3cc4ccccc4o3)cc2)cc1. The van der Waals surface area contributed by atoms with Crippen molar-refractivity contribution in [3.8, 4) is 0 Å². The molecule has 1 atom stereocenters. The molecule has 3 aromatic carbocycles. The number of carbonyl (C=O) groups excluding carboxylic acids is 2. The van der Waals surface area contributed by atoms with Crippen LogP contribution in [0.4, 0.5) is 0 Å². The molecule has 0 spiro atoms. The van der Waals surface area contributed by atoms with Crippen LogP contribution >= 0.6 is 11.8 Å². The van der Waals surface area contributed by atoms with Crippen molar-refractivity contribution in [2.75, 3.05) is 0 Å². The van der Waals surface area contributed by atoms with Crippen LogP contribution in [0.15, 0.2) is 93.1 Å². The molecular formula is C26H22O3S. The van der Waals surface area contributed by atoms with Crippen molar-refractivity contribution in [2.45, 2.75) is 30.1 Å². The molecule has 0 amide bonds. The average Bonchev–Trinajstić information content (AvgIpc) is 3.23. The first-order valence-electron chi connectivity index (χ1n) is 10.0. The molecule has 4 aromatic rings. The normalized spacial score (nSPS) is 12.1. The van der Waals surface area contributed by atoms with Gasteiger partial charge in [-0.15, -0.1) is 0 Å².